The van der Waals surface area contributed by atoms with E-state index in [0.717, 1.165) is 40.0 Å². The molecule has 9 heteroatoms. The lowest BCUT2D eigenvalue weighted by Gasteiger charge is -2.24. The number of carbonyl (C=O) groups excluding carboxylic acids is 1. The summed E-state index contributed by atoms with van der Waals surface area (Å²) in [5.74, 6) is 0.304. The smallest absolute Gasteiger partial charge is 0.248 e. The molecular weight excluding hydrogens is 478 g/mol. The second kappa shape index (κ2) is 11.9. The molecule has 0 saturated carbocycles. The molecule has 194 valence electrons. The first-order valence-electron chi connectivity index (χ1n) is 12.6. The molecule has 38 heavy (non-hydrogen) atoms. The van der Waals surface area contributed by atoms with Crippen molar-refractivity contribution < 1.29 is 9.53 Å². The van der Waals surface area contributed by atoms with Crippen LogP contribution in [0.15, 0.2) is 79.1 Å². The van der Waals surface area contributed by atoms with Crippen LogP contribution in [0.3, 0.4) is 0 Å². The highest BCUT2D eigenvalue weighted by atomic mass is 16.5. The number of para-hydroxylation sites is 1. The molecule has 1 saturated heterocycles. The van der Waals surface area contributed by atoms with Crippen LogP contribution in [-0.4, -0.2) is 66.1 Å². The highest BCUT2D eigenvalue weighted by Gasteiger charge is 2.21. The first-order valence-corrected chi connectivity index (χ1v) is 12.6. The molecule has 1 amide bonds. The minimum atomic E-state index is -0.167. The van der Waals surface area contributed by atoms with Gasteiger partial charge in [-0.15, -0.1) is 0 Å². The van der Waals surface area contributed by atoms with Crippen LogP contribution in [0.5, 0.6) is 0 Å². The van der Waals surface area contributed by atoms with E-state index in [1.165, 1.54) is 0 Å². The van der Waals surface area contributed by atoms with Gasteiger partial charge in [-0.2, -0.15) is 0 Å². The van der Waals surface area contributed by atoms with E-state index < -0.39 is 0 Å². The zero-order valence-corrected chi connectivity index (χ0v) is 21.5. The van der Waals surface area contributed by atoms with Crippen molar-refractivity contribution in [2.24, 2.45) is 0 Å². The molecule has 1 unspecified atom stereocenters. The Bertz CT molecular complexity index is 1450. The van der Waals surface area contributed by atoms with E-state index in [1.807, 2.05) is 85.9 Å². The lowest BCUT2D eigenvalue weighted by atomic mass is 10.0. The van der Waals surface area contributed by atoms with Gasteiger partial charge in [0.2, 0.25) is 11.9 Å². The summed E-state index contributed by atoms with van der Waals surface area (Å²) in [4.78, 5) is 28.3. The van der Waals surface area contributed by atoms with Crippen molar-refractivity contribution >= 4 is 34.1 Å². The number of ether oxygens (including phenoxy) is 1. The van der Waals surface area contributed by atoms with Gasteiger partial charge < -0.3 is 25.6 Å². The summed E-state index contributed by atoms with van der Waals surface area (Å²) in [5.41, 5.74) is 5.04. The second-order valence-electron chi connectivity index (χ2n) is 9.30. The number of hydrogen-bond donors (Lipinski definition) is 3. The van der Waals surface area contributed by atoms with E-state index in [9.17, 15) is 4.79 Å². The molecular formula is C29H31N7O2. The zero-order chi connectivity index (χ0) is 26.3. The van der Waals surface area contributed by atoms with Gasteiger partial charge in [-0.05, 0) is 43.9 Å². The molecule has 9 nitrogen and oxygen atoms in total. The number of fused-ring (bicyclic) bond motifs is 1. The van der Waals surface area contributed by atoms with E-state index in [0.29, 0.717) is 31.3 Å². The number of hydrogen-bond acceptors (Lipinski definition) is 8. The van der Waals surface area contributed by atoms with Crippen LogP contribution in [0.25, 0.3) is 22.0 Å². The Kier molecular flexibility index (Phi) is 7.98. The number of likely N-dealkylation sites (N-methyl/N-ethyl adjacent to an activating group) is 1. The number of amides is 1. The van der Waals surface area contributed by atoms with E-state index in [1.54, 1.807) is 12.3 Å². The second-order valence-corrected chi connectivity index (χ2v) is 9.30. The summed E-state index contributed by atoms with van der Waals surface area (Å²) in [6, 6.07) is 17.6. The molecule has 4 aromatic rings. The van der Waals surface area contributed by atoms with Crippen molar-refractivity contribution in [3.05, 3.63) is 84.8 Å². The maximum atomic E-state index is 12.4. The molecule has 3 heterocycles. The summed E-state index contributed by atoms with van der Waals surface area (Å²) in [5, 5.41) is 10.6. The average Bonchev–Trinajstić information content (AvgIpc) is 2.93. The third-order valence-corrected chi connectivity index (χ3v) is 6.11. The number of carbonyl (C=O) groups is 1. The Labute approximate surface area is 222 Å². The molecule has 2 aromatic heterocycles. The Morgan fingerprint density at radius 2 is 2.05 bits per heavy atom. The summed E-state index contributed by atoms with van der Waals surface area (Å²) in [6.45, 7) is 2.88. The lowest BCUT2D eigenvalue weighted by molar-refractivity contribution is -0.111. The number of rotatable bonds is 8. The van der Waals surface area contributed by atoms with Crippen molar-refractivity contribution in [3.8, 4) is 11.1 Å². The van der Waals surface area contributed by atoms with Crippen LogP contribution in [0, 0.1) is 0 Å². The number of nitrogens with one attached hydrogen (secondary N) is 3. The van der Waals surface area contributed by atoms with Gasteiger partial charge in [0.15, 0.2) is 0 Å². The molecule has 1 fully saturated rings. The van der Waals surface area contributed by atoms with Gasteiger partial charge in [0.25, 0.3) is 0 Å². The molecule has 3 N–H and O–H groups in total. The third-order valence-electron chi connectivity index (χ3n) is 6.11. The van der Waals surface area contributed by atoms with E-state index >= 15 is 0 Å². The largest absolute Gasteiger partial charge is 0.369 e. The fourth-order valence-corrected chi connectivity index (χ4v) is 4.31. The number of morpholine rings is 1. The average molecular weight is 510 g/mol. The topological polar surface area (TPSA) is 104 Å². The van der Waals surface area contributed by atoms with Crippen LogP contribution in [0.4, 0.5) is 17.3 Å². The monoisotopic (exact) mass is 509 g/mol. The van der Waals surface area contributed by atoms with Gasteiger partial charge >= 0.3 is 0 Å². The number of aromatic nitrogens is 3. The molecule has 1 aliphatic heterocycles. The molecule has 0 spiro atoms. The Balaban J connectivity index is 1.41. The minimum absolute atomic E-state index is 0.140. The first kappa shape index (κ1) is 25.5. The van der Waals surface area contributed by atoms with Crippen LogP contribution in [0.2, 0.25) is 0 Å². The van der Waals surface area contributed by atoms with Gasteiger partial charge in [-0.3, -0.25) is 9.78 Å². The fourth-order valence-electron chi connectivity index (χ4n) is 4.31. The summed E-state index contributed by atoms with van der Waals surface area (Å²) in [7, 11) is 3.91. The van der Waals surface area contributed by atoms with Gasteiger partial charge in [-0.1, -0.05) is 36.4 Å². The Morgan fingerprint density at radius 3 is 2.89 bits per heavy atom. The van der Waals surface area contributed by atoms with E-state index in [2.05, 4.69) is 25.9 Å². The quantitative estimate of drug-likeness (QED) is 0.304. The maximum Gasteiger partial charge on any atom is 0.248 e. The normalized spacial score (nSPS) is 15.7. The third kappa shape index (κ3) is 6.20. The van der Waals surface area contributed by atoms with Crippen molar-refractivity contribution in [3.63, 3.8) is 0 Å². The maximum absolute atomic E-state index is 12.4. The lowest BCUT2D eigenvalue weighted by Crippen LogP contribution is -2.34. The van der Waals surface area contributed by atoms with Crippen molar-refractivity contribution in [1.29, 1.82) is 0 Å². The van der Waals surface area contributed by atoms with Crippen molar-refractivity contribution in [2.45, 2.75) is 6.10 Å². The zero-order valence-electron chi connectivity index (χ0n) is 21.5. The molecule has 0 radical (unpaired) electrons. The standard InChI is InChI=1S/C29H31N7O2/c1-36(2)15-6-12-26(37)33-22-9-3-7-20(17-22)23-10-4-8-21-18-32-29(35-27(21)23)34-24-11-5-13-31-28(24)25-19-30-14-16-38-25/h3-13,17-18,25,30H,14-16,19H2,1-2H3,(H,33,37)(H,32,34,35)/b12-6+. The van der Waals surface area contributed by atoms with E-state index in [4.69, 9.17) is 9.72 Å². The summed E-state index contributed by atoms with van der Waals surface area (Å²) >= 11 is 0. The van der Waals surface area contributed by atoms with Gasteiger partial charge in [0.05, 0.1) is 23.5 Å². The van der Waals surface area contributed by atoms with Gasteiger partial charge in [0.1, 0.15) is 6.10 Å². The number of anilines is 3. The predicted molar refractivity (Wildman–Crippen MR) is 150 cm³/mol. The van der Waals surface area contributed by atoms with Crippen LogP contribution in [-0.2, 0) is 9.53 Å². The molecule has 0 aliphatic carbocycles. The molecule has 1 aliphatic rings. The highest BCUT2D eigenvalue weighted by Crippen LogP contribution is 2.31. The minimum Gasteiger partial charge on any atom is -0.369 e. The van der Waals surface area contributed by atoms with Crippen LogP contribution >= 0.6 is 0 Å². The molecule has 0 bridgehead atoms. The Hall–Kier alpha value is -4.18. The number of nitrogens with zero attached hydrogens (tertiary/aromatic N) is 4. The molecule has 1 atom stereocenters. The van der Waals surface area contributed by atoms with Gasteiger partial charge in [-0.25, -0.2) is 9.97 Å². The van der Waals surface area contributed by atoms with Crippen molar-refractivity contribution in [2.75, 3.05) is 51.0 Å². The molecule has 5 rings (SSSR count). The summed E-state index contributed by atoms with van der Waals surface area (Å²) < 4.78 is 5.92. The molecule has 2 aromatic carbocycles. The highest BCUT2D eigenvalue weighted by molar-refractivity contribution is 6.00. The SMILES string of the molecule is CN(C)C/C=C/C(=O)Nc1cccc(-c2cccc3cnc(Nc4cccnc4C4CNCCO4)nc23)c1. The Morgan fingerprint density at radius 1 is 1.16 bits per heavy atom. The van der Waals surface area contributed by atoms with Crippen molar-refractivity contribution in [1.82, 2.24) is 25.2 Å². The predicted octanol–water partition coefficient (Wildman–Crippen LogP) is 4.15. The van der Waals surface area contributed by atoms with Gasteiger partial charge in [0, 0.05) is 54.7 Å². The number of benzene rings is 2. The van der Waals surface area contributed by atoms with E-state index in [-0.39, 0.29) is 12.0 Å². The van der Waals surface area contributed by atoms with Crippen LogP contribution in [0.1, 0.15) is 11.8 Å². The fraction of sp³-hybridized carbons (Fsp3) is 0.241. The van der Waals surface area contributed by atoms with Crippen LogP contribution < -0.4 is 16.0 Å². The first-order chi connectivity index (χ1) is 18.6. The number of pyridine rings is 1. The summed E-state index contributed by atoms with van der Waals surface area (Å²) in [6.07, 6.45) is 6.82.